The summed E-state index contributed by atoms with van der Waals surface area (Å²) >= 11 is 1.87. The van der Waals surface area contributed by atoms with E-state index in [-0.39, 0.29) is 11.9 Å². The van der Waals surface area contributed by atoms with Gasteiger partial charge in [-0.05, 0) is 25.5 Å². The Morgan fingerprint density at radius 2 is 2.50 bits per heavy atom. The van der Waals surface area contributed by atoms with Crippen LogP contribution in [0.4, 0.5) is 5.82 Å². The number of hydrogen-bond acceptors (Lipinski definition) is 4. The molecule has 1 fully saturated rings. The molecule has 1 saturated carbocycles. The molecule has 1 heterocycles. The molecule has 1 aromatic heterocycles. The summed E-state index contributed by atoms with van der Waals surface area (Å²) in [6.07, 6.45) is 5.40. The Kier molecular flexibility index (Phi) is 3.38. The van der Waals surface area contributed by atoms with Crippen molar-refractivity contribution in [1.82, 2.24) is 15.5 Å². The fourth-order valence-corrected chi connectivity index (χ4v) is 2.80. The first-order chi connectivity index (χ1) is 7.69. The third-order valence-electron chi connectivity index (χ3n) is 2.90. The highest BCUT2D eigenvalue weighted by Crippen LogP contribution is 2.28. The summed E-state index contributed by atoms with van der Waals surface area (Å²) in [5.74, 6) is 0.231. The number of hydrogen-bond donors (Lipinski definition) is 3. The van der Waals surface area contributed by atoms with E-state index in [4.69, 9.17) is 5.73 Å². The molecule has 0 saturated heterocycles. The number of nitrogens with zero attached hydrogens (tertiary/aromatic N) is 1. The fourth-order valence-electron chi connectivity index (χ4n) is 2.00. The monoisotopic (exact) mass is 240 g/mol. The molecule has 5 nitrogen and oxygen atoms in total. The van der Waals surface area contributed by atoms with Gasteiger partial charge in [-0.25, -0.2) is 0 Å². The highest BCUT2D eigenvalue weighted by molar-refractivity contribution is 7.99. The van der Waals surface area contributed by atoms with Gasteiger partial charge in [-0.1, -0.05) is 0 Å². The molecule has 1 aliphatic carbocycles. The lowest BCUT2D eigenvalue weighted by Gasteiger charge is -2.11. The first-order valence-electron chi connectivity index (χ1n) is 5.33. The molecule has 2 unspecified atom stereocenters. The maximum Gasteiger partial charge on any atom is 0.269 e. The topological polar surface area (TPSA) is 83.8 Å². The zero-order chi connectivity index (χ0) is 11.5. The number of carbonyl (C=O) groups excluding carboxylic acids is 1. The van der Waals surface area contributed by atoms with Gasteiger partial charge < -0.3 is 11.1 Å². The molecule has 0 aliphatic heterocycles. The van der Waals surface area contributed by atoms with Crippen molar-refractivity contribution in [2.75, 3.05) is 12.0 Å². The standard InChI is InChI=1S/C10H16N4OS/c1-16-7-3-2-6(4-7)12-10(15)8-5-9(11)14-13-8/h5-7H,2-4H2,1H3,(H,12,15)(H3,11,13,14). The highest BCUT2D eigenvalue weighted by Gasteiger charge is 2.25. The Bertz CT molecular complexity index is 379. The van der Waals surface area contributed by atoms with Crippen molar-refractivity contribution in [3.05, 3.63) is 11.8 Å². The lowest BCUT2D eigenvalue weighted by molar-refractivity contribution is 0.0933. The number of nitrogens with two attached hydrogens (primary N) is 1. The molecule has 2 atom stereocenters. The molecule has 6 heteroatoms. The number of thioether (sulfide) groups is 1. The minimum absolute atomic E-state index is 0.115. The van der Waals surface area contributed by atoms with E-state index in [9.17, 15) is 4.79 Å². The fraction of sp³-hybridized carbons (Fsp3) is 0.600. The highest BCUT2D eigenvalue weighted by atomic mass is 32.2. The first kappa shape index (κ1) is 11.3. The van der Waals surface area contributed by atoms with E-state index in [1.807, 2.05) is 11.8 Å². The van der Waals surface area contributed by atoms with Gasteiger partial charge in [-0.15, -0.1) is 0 Å². The van der Waals surface area contributed by atoms with Crippen molar-refractivity contribution in [2.24, 2.45) is 0 Å². The minimum Gasteiger partial charge on any atom is -0.382 e. The Balaban J connectivity index is 1.89. The van der Waals surface area contributed by atoms with E-state index in [1.54, 1.807) is 6.07 Å². The minimum atomic E-state index is -0.115. The van der Waals surface area contributed by atoms with E-state index >= 15 is 0 Å². The molecule has 0 radical (unpaired) electrons. The SMILES string of the molecule is CSC1CCC(NC(=O)c2cc(N)n[nH]2)C1. The lowest BCUT2D eigenvalue weighted by Crippen LogP contribution is -2.33. The zero-order valence-corrected chi connectivity index (χ0v) is 10.0. The Labute approximate surface area is 98.6 Å². The third-order valence-corrected chi connectivity index (χ3v) is 3.99. The van der Waals surface area contributed by atoms with Crippen molar-refractivity contribution >= 4 is 23.5 Å². The summed E-state index contributed by atoms with van der Waals surface area (Å²) in [6.45, 7) is 0. The van der Waals surface area contributed by atoms with Crippen molar-refractivity contribution in [2.45, 2.75) is 30.6 Å². The number of nitrogen functional groups attached to an aromatic ring is 1. The Hall–Kier alpha value is -1.17. The van der Waals surface area contributed by atoms with Gasteiger partial charge in [0.05, 0.1) is 0 Å². The summed E-state index contributed by atoms with van der Waals surface area (Å²) in [4.78, 5) is 11.8. The number of carbonyl (C=O) groups is 1. The molecule has 0 aromatic carbocycles. The summed E-state index contributed by atoms with van der Waals surface area (Å²) in [5.41, 5.74) is 5.88. The Morgan fingerprint density at radius 1 is 1.69 bits per heavy atom. The smallest absolute Gasteiger partial charge is 0.269 e. The summed E-state index contributed by atoms with van der Waals surface area (Å²) < 4.78 is 0. The second kappa shape index (κ2) is 4.78. The molecule has 1 aromatic rings. The van der Waals surface area contributed by atoms with Crippen LogP contribution in [0.25, 0.3) is 0 Å². The second-order valence-corrected chi connectivity index (χ2v) is 5.19. The van der Waals surface area contributed by atoms with Crippen molar-refractivity contribution in [3.63, 3.8) is 0 Å². The largest absolute Gasteiger partial charge is 0.382 e. The van der Waals surface area contributed by atoms with Crippen molar-refractivity contribution < 1.29 is 4.79 Å². The van der Waals surface area contributed by atoms with Crippen LogP contribution in [0.5, 0.6) is 0 Å². The van der Waals surface area contributed by atoms with Crippen LogP contribution in [0.15, 0.2) is 6.07 Å². The van der Waals surface area contributed by atoms with Crippen LogP contribution >= 0.6 is 11.8 Å². The van der Waals surface area contributed by atoms with E-state index in [2.05, 4.69) is 21.8 Å². The molecule has 0 spiro atoms. The van der Waals surface area contributed by atoms with E-state index in [1.165, 1.54) is 6.42 Å². The van der Waals surface area contributed by atoms with Gasteiger partial charge in [0, 0.05) is 17.4 Å². The summed E-state index contributed by atoms with van der Waals surface area (Å²) in [7, 11) is 0. The van der Waals surface area contributed by atoms with Gasteiger partial charge in [-0.3, -0.25) is 9.89 Å². The molecule has 1 amide bonds. The average Bonchev–Trinajstić information content (AvgIpc) is 2.87. The van der Waals surface area contributed by atoms with Gasteiger partial charge in [0.2, 0.25) is 0 Å². The van der Waals surface area contributed by atoms with Crippen LogP contribution in [-0.4, -0.2) is 33.7 Å². The number of aromatic nitrogens is 2. The van der Waals surface area contributed by atoms with E-state index in [0.29, 0.717) is 16.8 Å². The second-order valence-electron chi connectivity index (χ2n) is 4.05. The van der Waals surface area contributed by atoms with E-state index < -0.39 is 0 Å². The van der Waals surface area contributed by atoms with Crippen LogP contribution in [-0.2, 0) is 0 Å². The van der Waals surface area contributed by atoms with Gasteiger partial charge in [-0.2, -0.15) is 16.9 Å². The molecular weight excluding hydrogens is 224 g/mol. The zero-order valence-electron chi connectivity index (χ0n) is 9.19. The quantitative estimate of drug-likeness (QED) is 0.736. The molecule has 0 bridgehead atoms. The number of rotatable bonds is 3. The lowest BCUT2D eigenvalue weighted by atomic mass is 10.2. The van der Waals surface area contributed by atoms with Crippen LogP contribution in [0.2, 0.25) is 0 Å². The molecular formula is C10H16N4OS. The summed E-state index contributed by atoms with van der Waals surface area (Å²) in [5, 5.41) is 10.0. The maximum absolute atomic E-state index is 11.8. The van der Waals surface area contributed by atoms with Crippen molar-refractivity contribution in [1.29, 1.82) is 0 Å². The van der Waals surface area contributed by atoms with Crippen LogP contribution < -0.4 is 11.1 Å². The van der Waals surface area contributed by atoms with Gasteiger partial charge in [0.25, 0.3) is 5.91 Å². The third kappa shape index (κ3) is 2.49. The number of anilines is 1. The molecule has 1 aliphatic rings. The maximum atomic E-state index is 11.8. The predicted molar refractivity (Wildman–Crippen MR) is 65.4 cm³/mol. The number of amides is 1. The van der Waals surface area contributed by atoms with Gasteiger partial charge in [0.15, 0.2) is 0 Å². The Morgan fingerprint density at radius 3 is 3.06 bits per heavy atom. The number of aromatic amines is 1. The van der Waals surface area contributed by atoms with Crippen LogP contribution in [0, 0.1) is 0 Å². The summed E-state index contributed by atoms with van der Waals surface area (Å²) in [6, 6.07) is 1.84. The number of H-pyrrole nitrogens is 1. The normalized spacial score (nSPS) is 24.6. The van der Waals surface area contributed by atoms with Gasteiger partial charge >= 0.3 is 0 Å². The average molecular weight is 240 g/mol. The molecule has 4 N–H and O–H groups in total. The van der Waals surface area contributed by atoms with Gasteiger partial charge in [0.1, 0.15) is 11.5 Å². The number of nitrogens with one attached hydrogen (secondary N) is 2. The molecule has 16 heavy (non-hydrogen) atoms. The van der Waals surface area contributed by atoms with E-state index in [0.717, 1.165) is 12.8 Å². The van der Waals surface area contributed by atoms with Crippen molar-refractivity contribution in [3.8, 4) is 0 Å². The first-order valence-corrected chi connectivity index (χ1v) is 6.62. The molecule has 88 valence electrons. The molecule has 2 rings (SSSR count). The van der Waals surface area contributed by atoms with Crippen LogP contribution in [0.1, 0.15) is 29.8 Å². The van der Waals surface area contributed by atoms with Crippen LogP contribution in [0.3, 0.4) is 0 Å². The predicted octanol–water partition coefficient (Wildman–Crippen LogP) is 1.01.